The van der Waals surface area contributed by atoms with Crippen LogP contribution in [0.5, 0.6) is 0 Å². The molecule has 0 aromatic heterocycles. The third-order valence-corrected chi connectivity index (χ3v) is 7.65. The fraction of sp³-hybridized carbons (Fsp3) is 0.917. The van der Waals surface area contributed by atoms with E-state index in [1.807, 2.05) is 0 Å². The van der Waals surface area contributed by atoms with Crippen LogP contribution in [0.4, 0.5) is 0 Å². The van der Waals surface area contributed by atoms with Gasteiger partial charge in [-0.15, -0.1) is 20.7 Å². The smallest absolute Gasteiger partial charge is 0.0660 e. The monoisotopic (exact) mass is 305 g/mol. The minimum absolute atomic E-state index is 0.00205. The molecular formula is C12H20IN. The number of hydrogen-bond acceptors (Lipinski definition) is 1. The van der Waals surface area contributed by atoms with Crippen LogP contribution in [0.2, 0.25) is 0 Å². The summed E-state index contributed by atoms with van der Waals surface area (Å²) in [5, 5.41) is 0. The second kappa shape index (κ2) is 3.27. The second-order valence-corrected chi connectivity index (χ2v) is 8.25. The summed E-state index contributed by atoms with van der Waals surface area (Å²) in [6, 6.07) is 0. The summed E-state index contributed by atoms with van der Waals surface area (Å²) in [5.41, 5.74) is 6.54. The van der Waals surface area contributed by atoms with Crippen molar-refractivity contribution in [3.63, 3.8) is 0 Å². The standard InChI is InChI=1S/C12H20IN/c1-13-12(14)7-8-6-11(12)10-5-3-2-4-9(8)10/h8-11H,1-7,14H2. The molecular weight excluding hydrogens is 285 g/mol. The van der Waals surface area contributed by atoms with E-state index in [0.717, 1.165) is 23.7 Å². The Morgan fingerprint density at radius 1 is 1.21 bits per heavy atom. The summed E-state index contributed by atoms with van der Waals surface area (Å²) >= 11 is -0.00205. The molecule has 3 saturated carbocycles. The molecule has 0 amide bonds. The fourth-order valence-electron chi connectivity index (χ4n) is 4.44. The van der Waals surface area contributed by atoms with E-state index < -0.39 is 0 Å². The van der Waals surface area contributed by atoms with Crippen molar-refractivity contribution in [3.8, 4) is 0 Å². The minimum Gasteiger partial charge on any atom is -0.317 e. The molecule has 5 unspecified atom stereocenters. The SMILES string of the molecule is C=IC1(N)CC2CC1C1CCCCC21. The first-order chi connectivity index (χ1) is 6.74. The average molecular weight is 305 g/mol. The Bertz CT molecular complexity index is 265. The molecule has 2 N–H and O–H groups in total. The summed E-state index contributed by atoms with van der Waals surface area (Å²) in [6.45, 7) is 0. The molecule has 3 fully saturated rings. The predicted octanol–water partition coefficient (Wildman–Crippen LogP) is 2.89. The van der Waals surface area contributed by atoms with E-state index in [0.29, 0.717) is 0 Å². The number of halogens is 1. The van der Waals surface area contributed by atoms with Gasteiger partial charge < -0.3 is 5.73 Å². The maximum Gasteiger partial charge on any atom is 0.0660 e. The molecule has 0 heterocycles. The van der Waals surface area contributed by atoms with Gasteiger partial charge in [0.25, 0.3) is 0 Å². The molecule has 1 nitrogen and oxygen atoms in total. The normalized spacial score (nSPS) is 56.1. The van der Waals surface area contributed by atoms with Gasteiger partial charge in [-0.25, -0.2) is 0 Å². The van der Waals surface area contributed by atoms with Gasteiger partial charge in [0.05, 0.1) is 3.55 Å². The molecule has 14 heavy (non-hydrogen) atoms. The molecule has 0 spiro atoms. The van der Waals surface area contributed by atoms with E-state index >= 15 is 0 Å². The molecule has 2 bridgehead atoms. The van der Waals surface area contributed by atoms with Crippen LogP contribution in [0.1, 0.15) is 38.5 Å². The quantitative estimate of drug-likeness (QED) is 0.450. The molecule has 0 saturated heterocycles. The van der Waals surface area contributed by atoms with E-state index in [2.05, 4.69) is 4.51 Å². The van der Waals surface area contributed by atoms with Crippen LogP contribution in [-0.2, 0) is 0 Å². The molecule has 0 aliphatic heterocycles. The molecule has 0 aromatic rings. The van der Waals surface area contributed by atoms with Gasteiger partial charge >= 0.3 is 0 Å². The highest BCUT2D eigenvalue weighted by Gasteiger charge is 2.57. The third kappa shape index (κ3) is 1.19. The lowest BCUT2D eigenvalue weighted by atomic mass is 9.69. The van der Waals surface area contributed by atoms with Crippen molar-refractivity contribution in [1.82, 2.24) is 0 Å². The first-order valence-electron chi connectivity index (χ1n) is 5.93. The molecule has 5 atom stereocenters. The Morgan fingerprint density at radius 3 is 2.64 bits per heavy atom. The Balaban J connectivity index is 1.88. The third-order valence-electron chi connectivity index (χ3n) is 4.99. The summed E-state index contributed by atoms with van der Waals surface area (Å²) in [4.78, 5) is 0. The van der Waals surface area contributed by atoms with Crippen LogP contribution in [0.25, 0.3) is 0 Å². The van der Waals surface area contributed by atoms with Gasteiger partial charge in [-0.3, -0.25) is 0 Å². The molecule has 0 aromatic carbocycles. The molecule has 80 valence electrons. The van der Waals surface area contributed by atoms with Crippen molar-refractivity contribution in [1.29, 1.82) is 0 Å². The van der Waals surface area contributed by atoms with E-state index in [1.165, 1.54) is 38.5 Å². The summed E-state index contributed by atoms with van der Waals surface area (Å²) in [5.74, 6) is 3.95. The van der Waals surface area contributed by atoms with Crippen molar-refractivity contribution in [3.05, 3.63) is 0 Å². The van der Waals surface area contributed by atoms with Crippen LogP contribution in [-0.4, -0.2) is 8.06 Å². The van der Waals surface area contributed by atoms with Crippen molar-refractivity contribution < 1.29 is 0 Å². The van der Waals surface area contributed by atoms with Gasteiger partial charge in [0, 0.05) is 0 Å². The number of alkyl halides is 1. The Morgan fingerprint density at radius 2 is 1.93 bits per heavy atom. The number of fused-ring (bicyclic) bond motifs is 5. The van der Waals surface area contributed by atoms with Gasteiger partial charge in [-0.1, -0.05) is 17.4 Å². The van der Waals surface area contributed by atoms with Gasteiger partial charge in [0.15, 0.2) is 0 Å². The highest BCUT2D eigenvalue weighted by molar-refractivity contribution is 14.2. The Labute approximate surface area is 96.6 Å². The van der Waals surface area contributed by atoms with Crippen molar-refractivity contribution in [2.24, 2.45) is 29.4 Å². The highest BCUT2D eigenvalue weighted by atomic mass is 127. The van der Waals surface area contributed by atoms with E-state index in [9.17, 15) is 0 Å². The van der Waals surface area contributed by atoms with Crippen LogP contribution >= 0.6 is 20.7 Å². The first-order valence-corrected chi connectivity index (χ1v) is 8.53. The fourth-order valence-corrected chi connectivity index (χ4v) is 6.60. The summed E-state index contributed by atoms with van der Waals surface area (Å²) < 4.78 is 4.42. The lowest BCUT2D eigenvalue weighted by molar-refractivity contribution is 0.138. The first kappa shape index (κ1) is 9.76. The number of rotatable bonds is 1. The zero-order valence-electron chi connectivity index (χ0n) is 8.71. The van der Waals surface area contributed by atoms with Gasteiger partial charge in [0.1, 0.15) is 0 Å². The number of hydrogen-bond donors (Lipinski definition) is 1. The molecule has 0 radical (unpaired) electrons. The van der Waals surface area contributed by atoms with Crippen LogP contribution in [0.3, 0.4) is 0 Å². The van der Waals surface area contributed by atoms with Gasteiger partial charge in [0.2, 0.25) is 0 Å². The van der Waals surface area contributed by atoms with Crippen LogP contribution in [0, 0.1) is 23.7 Å². The Hall–Kier alpha value is 0.560. The second-order valence-electron chi connectivity index (χ2n) is 5.48. The molecule has 3 aliphatic rings. The van der Waals surface area contributed by atoms with E-state index in [4.69, 9.17) is 5.73 Å². The topological polar surface area (TPSA) is 26.0 Å². The van der Waals surface area contributed by atoms with Gasteiger partial charge in [-0.2, -0.15) is 0 Å². The average Bonchev–Trinajstić information content (AvgIpc) is 2.74. The molecule has 3 rings (SSSR count). The lowest BCUT2D eigenvalue weighted by Gasteiger charge is -2.42. The number of nitrogens with two attached hydrogens (primary N) is 1. The zero-order chi connectivity index (χ0) is 9.76. The minimum atomic E-state index is -0.00205. The maximum absolute atomic E-state index is 6.54. The van der Waals surface area contributed by atoms with E-state index in [-0.39, 0.29) is 24.3 Å². The van der Waals surface area contributed by atoms with Gasteiger partial charge in [-0.05, 0) is 49.4 Å². The lowest BCUT2D eigenvalue weighted by Crippen LogP contribution is -2.46. The van der Waals surface area contributed by atoms with Crippen molar-refractivity contribution in [2.75, 3.05) is 0 Å². The largest absolute Gasteiger partial charge is 0.317 e. The van der Waals surface area contributed by atoms with Crippen LogP contribution < -0.4 is 5.73 Å². The summed E-state index contributed by atoms with van der Waals surface area (Å²) in [6.07, 6.45) is 8.74. The molecule has 2 heteroatoms. The summed E-state index contributed by atoms with van der Waals surface area (Å²) in [7, 11) is 0. The van der Waals surface area contributed by atoms with Crippen LogP contribution in [0.15, 0.2) is 0 Å². The maximum atomic E-state index is 6.54. The van der Waals surface area contributed by atoms with E-state index in [1.54, 1.807) is 0 Å². The highest BCUT2D eigenvalue weighted by Crippen LogP contribution is 2.62. The molecule has 3 aliphatic carbocycles. The van der Waals surface area contributed by atoms with Crippen molar-refractivity contribution >= 4 is 25.2 Å². The predicted molar refractivity (Wildman–Crippen MR) is 69.7 cm³/mol. The zero-order valence-corrected chi connectivity index (χ0v) is 10.9. The Kier molecular flexibility index (Phi) is 2.28. The van der Waals surface area contributed by atoms with Crippen molar-refractivity contribution in [2.45, 2.75) is 42.1 Å².